The number of benzene rings is 2. The van der Waals surface area contributed by atoms with E-state index >= 15 is 0 Å². The molecule has 2 N–H and O–H groups in total. The first-order valence-electron chi connectivity index (χ1n) is 7.69. The molecule has 2 aromatic rings. The molecule has 136 valence electrons. The molecule has 0 unspecified atom stereocenters. The van der Waals surface area contributed by atoms with Gasteiger partial charge in [-0.15, -0.1) is 0 Å². The van der Waals surface area contributed by atoms with Crippen LogP contribution in [-0.4, -0.2) is 24.1 Å². The Hall–Kier alpha value is -3.29. The van der Waals surface area contributed by atoms with Crippen molar-refractivity contribution in [3.05, 3.63) is 60.2 Å². The summed E-state index contributed by atoms with van der Waals surface area (Å²) in [5.74, 6) is -2.10. The topological polar surface area (TPSA) is 79.8 Å². The number of hydrogen-bond donors (Lipinski definition) is 2. The third-order valence-electron chi connectivity index (χ3n) is 3.11. The molecular weight excluding hydrogens is 344 g/mol. The summed E-state index contributed by atoms with van der Waals surface area (Å²) in [4.78, 5) is 23.5. The monoisotopic (exact) mass is 361 g/mol. The number of carbonyl (C=O) groups excluding carboxylic acids is 2. The second-order valence-corrected chi connectivity index (χ2v) is 5.33. The van der Waals surface area contributed by atoms with Crippen LogP contribution in [0, 0.1) is 11.6 Å². The molecule has 0 saturated carbocycles. The van der Waals surface area contributed by atoms with Gasteiger partial charge in [0, 0.05) is 11.8 Å². The highest BCUT2D eigenvalue weighted by Gasteiger charge is 2.09. The SMILES string of the molecule is CC(CC(=O)Nc1ccc(F)cc1F)=NNC(=O)COc1ccccc1. The number of para-hydroxylation sites is 1. The van der Waals surface area contributed by atoms with Crippen LogP contribution in [0.3, 0.4) is 0 Å². The molecule has 2 amide bonds. The number of hydrazone groups is 1. The number of rotatable bonds is 7. The maximum absolute atomic E-state index is 13.5. The molecule has 0 bridgehead atoms. The first-order valence-corrected chi connectivity index (χ1v) is 7.69. The number of carbonyl (C=O) groups is 2. The Kier molecular flexibility index (Phi) is 6.78. The number of nitrogens with zero attached hydrogens (tertiary/aromatic N) is 1. The number of amides is 2. The van der Waals surface area contributed by atoms with Crippen LogP contribution in [0.1, 0.15) is 13.3 Å². The van der Waals surface area contributed by atoms with E-state index < -0.39 is 23.4 Å². The van der Waals surface area contributed by atoms with Gasteiger partial charge in [0.05, 0.1) is 12.1 Å². The first kappa shape index (κ1) is 19.0. The molecule has 0 aromatic heterocycles. The Labute approximate surface area is 148 Å². The van der Waals surface area contributed by atoms with E-state index in [2.05, 4.69) is 15.8 Å². The van der Waals surface area contributed by atoms with E-state index in [1.165, 1.54) is 6.92 Å². The minimum Gasteiger partial charge on any atom is -0.484 e. The normalized spacial score (nSPS) is 11.0. The Morgan fingerprint density at radius 1 is 1.08 bits per heavy atom. The molecule has 0 radical (unpaired) electrons. The van der Waals surface area contributed by atoms with Gasteiger partial charge >= 0.3 is 0 Å². The summed E-state index contributed by atoms with van der Waals surface area (Å²) in [5, 5.41) is 6.08. The molecule has 0 saturated heterocycles. The zero-order valence-corrected chi connectivity index (χ0v) is 14.0. The third kappa shape index (κ3) is 6.31. The summed E-state index contributed by atoms with van der Waals surface area (Å²) in [7, 11) is 0. The van der Waals surface area contributed by atoms with Crippen LogP contribution in [0.25, 0.3) is 0 Å². The van der Waals surface area contributed by atoms with Gasteiger partial charge < -0.3 is 10.1 Å². The maximum Gasteiger partial charge on any atom is 0.277 e. The molecule has 0 aliphatic carbocycles. The molecule has 2 rings (SSSR count). The van der Waals surface area contributed by atoms with Gasteiger partial charge in [-0.05, 0) is 31.2 Å². The smallest absolute Gasteiger partial charge is 0.277 e. The highest BCUT2D eigenvalue weighted by molar-refractivity contribution is 6.05. The fourth-order valence-corrected chi connectivity index (χ4v) is 1.91. The Morgan fingerprint density at radius 3 is 2.50 bits per heavy atom. The highest BCUT2D eigenvalue weighted by Crippen LogP contribution is 2.15. The van der Waals surface area contributed by atoms with E-state index in [1.807, 2.05) is 6.07 Å². The van der Waals surface area contributed by atoms with E-state index in [-0.39, 0.29) is 18.7 Å². The molecule has 0 fully saturated rings. The lowest BCUT2D eigenvalue weighted by molar-refractivity contribution is -0.123. The molecule has 0 atom stereocenters. The minimum atomic E-state index is -0.876. The molecule has 8 heteroatoms. The average molecular weight is 361 g/mol. The molecule has 2 aromatic carbocycles. The Bertz CT molecular complexity index is 811. The number of hydrogen-bond acceptors (Lipinski definition) is 4. The molecular formula is C18H17F2N3O3. The van der Waals surface area contributed by atoms with Gasteiger partial charge in [0.2, 0.25) is 5.91 Å². The van der Waals surface area contributed by atoms with Crippen LogP contribution < -0.4 is 15.5 Å². The lowest BCUT2D eigenvalue weighted by Crippen LogP contribution is -2.26. The van der Waals surface area contributed by atoms with E-state index in [0.29, 0.717) is 17.5 Å². The number of anilines is 1. The zero-order valence-electron chi connectivity index (χ0n) is 14.0. The minimum absolute atomic E-state index is 0.135. The second-order valence-electron chi connectivity index (χ2n) is 5.33. The summed E-state index contributed by atoms with van der Waals surface area (Å²) in [6, 6.07) is 11.6. The Morgan fingerprint density at radius 2 is 1.81 bits per heavy atom. The van der Waals surface area contributed by atoms with Crippen molar-refractivity contribution in [1.82, 2.24) is 5.43 Å². The number of halogens is 2. The van der Waals surface area contributed by atoms with Crippen molar-refractivity contribution in [2.45, 2.75) is 13.3 Å². The van der Waals surface area contributed by atoms with Crippen LogP contribution >= 0.6 is 0 Å². The molecule has 26 heavy (non-hydrogen) atoms. The summed E-state index contributed by atoms with van der Waals surface area (Å²) in [5.41, 5.74) is 2.43. The summed E-state index contributed by atoms with van der Waals surface area (Å²) >= 11 is 0. The summed E-state index contributed by atoms with van der Waals surface area (Å²) in [6.07, 6.45) is -0.170. The maximum atomic E-state index is 13.5. The van der Waals surface area contributed by atoms with Gasteiger partial charge in [0.25, 0.3) is 5.91 Å². The van der Waals surface area contributed by atoms with Gasteiger partial charge in [-0.2, -0.15) is 5.10 Å². The van der Waals surface area contributed by atoms with Gasteiger partial charge in [-0.1, -0.05) is 18.2 Å². The summed E-state index contributed by atoms with van der Waals surface area (Å²) < 4.78 is 31.5. The highest BCUT2D eigenvalue weighted by atomic mass is 19.1. The van der Waals surface area contributed by atoms with Crippen LogP contribution in [0.4, 0.5) is 14.5 Å². The molecule has 6 nitrogen and oxygen atoms in total. The van der Waals surface area contributed by atoms with E-state index in [1.54, 1.807) is 24.3 Å². The van der Waals surface area contributed by atoms with Crippen molar-refractivity contribution in [2.75, 3.05) is 11.9 Å². The van der Waals surface area contributed by atoms with Crippen LogP contribution in [0.2, 0.25) is 0 Å². The molecule has 0 aliphatic heterocycles. The fourth-order valence-electron chi connectivity index (χ4n) is 1.91. The van der Waals surface area contributed by atoms with Gasteiger partial charge in [0.15, 0.2) is 6.61 Å². The lowest BCUT2D eigenvalue weighted by atomic mass is 10.2. The second kappa shape index (κ2) is 9.26. The largest absolute Gasteiger partial charge is 0.484 e. The van der Waals surface area contributed by atoms with Crippen molar-refractivity contribution < 1.29 is 23.1 Å². The van der Waals surface area contributed by atoms with Gasteiger partial charge in [-0.25, -0.2) is 14.2 Å². The lowest BCUT2D eigenvalue weighted by Gasteiger charge is -2.07. The van der Waals surface area contributed by atoms with Crippen molar-refractivity contribution in [3.63, 3.8) is 0 Å². The fraction of sp³-hybridized carbons (Fsp3) is 0.167. The predicted molar refractivity (Wildman–Crippen MR) is 92.8 cm³/mol. The predicted octanol–water partition coefficient (Wildman–Crippen LogP) is 2.86. The quantitative estimate of drug-likeness (QED) is 0.588. The van der Waals surface area contributed by atoms with E-state index in [9.17, 15) is 18.4 Å². The van der Waals surface area contributed by atoms with Crippen LogP contribution in [-0.2, 0) is 9.59 Å². The van der Waals surface area contributed by atoms with Crippen molar-refractivity contribution in [3.8, 4) is 5.75 Å². The first-order chi connectivity index (χ1) is 12.4. The molecule has 0 heterocycles. The van der Waals surface area contributed by atoms with Crippen molar-refractivity contribution >= 4 is 23.2 Å². The molecule has 0 aliphatic rings. The van der Waals surface area contributed by atoms with Gasteiger partial charge in [0.1, 0.15) is 17.4 Å². The zero-order chi connectivity index (χ0) is 18.9. The number of ether oxygens (including phenoxy) is 1. The van der Waals surface area contributed by atoms with E-state index in [4.69, 9.17) is 4.74 Å². The van der Waals surface area contributed by atoms with Crippen molar-refractivity contribution in [1.29, 1.82) is 0 Å². The molecule has 0 spiro atoms. The van der Waals surface area contributed by atoms with E-state index in [0.717, 1.165) is 12.1 Å². The number of nitrogens with one attached hydrogen (secondary N) is 2. The Balaban J connectivity index is 1.77. The summed E-state index contributed by atoms with van der Waals surface area (Å²) in [6.45, 7) is 1.30. The average Bonchev–Trinajstić information content (AvgIpc) is 2.61. The van der Waals surface area contributed by atoms with Crippen LogP contribution in [0.15, 0.2) is 53.6 Å². The third-order valence-corrected chi connectivity index (χ3v) is 3.11. The standard InChI is InChI=1S/C18H17F2N3O3/c1-12(9-17(24)21-16-8-7-13(19)10-15(16)20)22-23-18(25)11-26-14-5-3-2-4-6-14/h2-8,10H,9,11H2,1H3,(H,21,24)(H,23,25). The van der Waals surface area contributed by atoms with Gasteiger partial charge in [-0.3, -0.25) is 9.59 Å². The van der Waals surface area contributed by atoms with Crippen LogP contribution in [0.5, 0.6) is 5.75 Å². The van der Waals surface area contributed by atoms with Crippen molar-refractivity contribution in [2.24, 2.45) is 5.10 Å².